The zero-order valence-electron chi connectivity index (χ0n) is 15.3. The average molecular weight is 406 g/mol. The maximum absolute atomic E-state index is 12.5. The van der Waals surface area contributed by atoms with E-state index in [2.05, 4.69) is 0 Å². The molecular formula is C22H14O8. The van der Waals surface area contributed by atoms with Gasteiger partial charge in [-0.15, -0.1) is 0 Å². The van der Waals surface area contributed by atoms with Gasteiger partial charge < -0.3 is 19.7 Å². The molecule has 0 aromatic heterocycles. The Bertz CT molecular complexity index is 1030. The van der Waals surface area contributed by atoms with Crippen LogP contribution in [0.15, 0.2) is 72.8 Å². The monoisotopic (exact) mass is 406 g/mol. The lowest BCUT2D eigenvalue weighted by atomic mass is 9.98. The molecule has 150 valence electrons. The first-order chi connectivity index (χ1) is 14.4. The van der Waals surface area contributed by atoms with Gasteiger partial charge in [0.25, 0.3) is 0 Å². The van der Waals surface area contributed by atoms with Gasteiger partial charge in [0.15, 0.2) is 0 Å². The number of benzene rings is 3. The molecule has 0 radical (unpaired) electrons. The minimum Gasteiger partial charge on any atom is -0.478 e. The van der Waals surface area contributed by atoms with Crippen molar-refractivity contribution in [2.24, 2.45) is 0 Å². The molecule has 0 heterocycles. The number of hydrogen-bond acceptors (Lipinski definition) is 6. The van der Waals surface area contributed by atoms with Crippen LogP contribution in [0.3, 0.4) is 0 Å². The summed E-state index contributed by atoms with van der Waals surface area (Å²) in [6, 6.07) is 17.3. The Morgan fingerprint density at radius 3 is 1.17 bits per heavy atom. The van der Waals surface area contributed by atoms with Crippen molar-refractivity contribution in [2.75, 3.05) is 0 Å². The predicted molar refractivity (Wildman–Crippen MR) is 103 cm³/mol. The highest BCUT2D eigenvalue weighted by molar-refractivity contribution is 6.10. The number of carboxylic acid groups (broad SMARTS) is 2. The second-order valence-corrected chi connectivity index (χ2v) is 5.96. The molecule has 0 spiro atoms. The second kappa shape index (κ2) is 8.70. The van der Waals surface area contributed by atoms with Crippen LogP contribution in [-0.4, -0.2) is 34.1 Å². The first kappa shape index (κ1) is 20.3. The van der Waals surface area contributed by atoms with Gasteiger partial charge in [0.1, 0.15) is 11.5 Å². The number of carbonyl (C=O) groups is 4. The van der Waals surface area contributed by atoms with Crippen molar-refractivity contribution in [2.45, 2.75) is 0 Å². The van der Waals surface area contributed by atoms with Gasteiger partial charge in [-0.25, -0.2) is 19.2 Å². The van der Waals surface area contributed by atoms with Crippen molar-refractivity contribution < 1.29 is 38.9 Å². The van der Waals surface area contributed by atoms with Gasteiger partial charge in [-0.2, -0.15) is 0 Å². The maximum Gasteiger partial charge on any atom is 0.344 e. The molecule has 3 aromatic rings. The summed E-state index contributed by atoms with van der Waals surface area (Å²) in [5.74, 6) is -4.96. The zero-order valence-corrected chi connectivity index (χ0v) is 15.3. The molecule has 0 saturated carbocycles. The third-order valence-electron chi connectivity index (χ3n) is 3.97. The summed E-state index contributed by atoms with van der Waals surface area (Å²) in [6.07, 6.45) is 0. The molecule has 3 aromatic carbocycles. The Kier molecular flexibility index (Phi) is 5.88. The zero-order chi connectivity index (χ0) is 21.7. The maximum atomic E-state index is 12.5. The van der Waals surface area contributed by atoms with Crippen LogP contribution in [0.1, 0.15) is 41.4 Å². The molecule has 0 saturated heterocycles. The molecule has 8 nitrogen and oxygen atoms in total. The van der Waals surface area contributed by atoms with Crippen molar-refractivity contribution in [1.82, 2.24) is 0 Å². The number of carboxylic acids is 2. The van der Waals surface area contributed by atoms with Crippen LogP contribution in [0, 0.1) is 0 Å². The molecule has 2 N–H and O–H groups in total. The lowest BCUT2D eigenvalue weighted by Crippen LogP contribution is -2.20. The van der Waals surface area contributed by atoms with Crippen LogP contribution in [0.4, 0.5) is 0 Å². The lowest BCUT2D eigenvalue weighted by molar-refractivity contribution is 0.0653. The van der Waals surface area contributed by atoms with E-state index >= 15 is 0 Å². The quantitative estimate of drug-likeness (QED) is 0.470. The van der Waals surface area contributed by atoms with Crippen molar-refractivity contribution in [3.8, 4) is 11.5 Å². The van der Waals surface area contributed by atoms with Crippen LogP contribution in [0.2, 0.25) is 0 Å². The first-order valence-electron chi connectivity index (χ1n) is 8.56. The van der Waals surface area contributed by atoms with Gasteiger partial charge >= 0.3 is 23.9 Å². The van der Waals surface area contributed by atoms with Gasteiger partial charge in [-0.1, -0.05) is 36.4 Å². The fraction of sp³-hybridized carbons (Fsp3) is 0. The molecule has 0 aliphatic carbocycles. The van der Waals surface area contributed by atoms with Gasteiger partial charge in [0.05, 0.1) is 22.3 Å². The smallest absolute Gasteiger partial charge is 0.344 e. The van der Waals surface area contributed by atoms with Crippen LogP contribution in [0.5, 0.6) is 11.5 Å². The highest BCUT2D eigenvalue weighted by atomic mass is 16.5. The Balaban J connectivity index is 2.03. The highest BCUT2D eigenvalue weighted by Gasteiger charge is 2.27. The Morgan fingerprint density at radius 2 is 0.867 bits per heavy atom. The predicted octanol–water partition coefficient (Wildman–Crippen LogP) is 3.52. The van der Waals surface area contributed by atoms with E-state index in [1.165, 1.54) is 24.3 Å². The third-order valence-corrected chi connectivity index (χ3v) is 3.97. The van der Waals surface area contributed by atoms with E-state index in [1.807, 2.05) is 0 Å². The SMILES string of the molecule is O=C(O)c1cc(C(=O)Oc2ccccc2)c(C(=O)O)cc1C(=O)Oc1ccccc1. The summed E-state index contributed by atoms with van der Waals surface area (Å²) in [7, 11) is 0. The molecule has 0 unspecified atom stereocenters. The van der Waals surface area contributed by atoms with E-state index in [1.54, 1.807) is 36.4 Å². The van der Waals surface area contributed by atoms with Crippen molar-refractivity contribution in [3.05, 3.63) is 95.1 Å². The summed E-state index contributed by atoms with van der Waals surface area (Å²) in [5.41, 5.74) is -2.22. The second-order valence-electron chi connectivity index (χ2n) is 5.96. The topological polar surface area (TPSA) is 127 Å². The van der Waals surface area contributed by atoms with E-state index in [-0.39, 0.29) is 11.5 Å². The molecule has 0 atom stereocenters. The fourth-order valence-corrected chi connectivity index (χ4v) is 2.59. The molecule has 0 aliphatic heterocycles. The third kappa shape index (κ3) is 4.50. The van der Waals surface area contributed by atoms with E-state index in [0.717, 1.165) is 12.1 Å². The molecule has 0 bridgehead atoms. The van der Waals surface area contributed by atoms with Crippen molar-refractivity contribution in [3.63, 3.8) is 0 Å². The molecule has 3 rings (SSSR count). The summed E-state index contributed by atoms with van der Waals surface area (Å²) in [5, 5.41) is 19.0. The molecule has 0 amide bonds. The number of ether oxygens (including phenoxy) is 2. The molecule has 8 heteroatoms. The Hall–Kier alpha value is -4.46. The van der Waals surface area contributed by atoms with Crippen LogP contribution < -0.4 is 9.47 Å². The lowest BCUT2D eigenvalue weighted by Gasteiger charge is -2.12. The number of rotatable bonds is 6. The summed E-state index contributed by atoms with van der Waals surface area (Å²) >= 11 is 0. The van der Waals surface area contributed by atoms with Crippen LogP contribution >= 0.6 is 0 Å². The largest absolute Gasteiger partial charge is 0.478 e. The highest BCUT2D eigenvalue weighted by Crippen LogP contribution is 2.22. The number of para-hydroxylation sites is 2. The summed E-state index contributed by atoms with van der Waals surface area (Å²) < 4.78 is 10.2. The minimum atomic E-state index is -1.54. The standard InChI is InChI=1S/C22H14O8/c23-19(24)15-12-18(22(28)30-14-9-5-2-6-10-14)16(20(25)26)11-17(15)21(27)29-13-7-3-1-4-8-13/h1-12H,(H,23,24)(H,25,26). The first-order valence-corrected chi connectivity index (χ1v) is 8.56. The van der Waals surface area contributed by atoms with Crippen molar-refractivity contribution in [1.29, 1.82) is 0 Å². The van der Waals surface area contributed by atoms with Gasteiger partial charge in [-0.3, -0.25) is 0 Å². The summed E-state index contributed by atoms with van der Waals surface area (Å²) in [6.45, 7) is 0. The fourth-order valence-electron chi connectivity index (χ4n) is 2.59. The summed E-state index contributed by atoms with van der Waals surface area (Å²) in [4.78, 5) is 48.4. The molecular weight excluding hydrogens is 392 g/mol. The number of hydrogen-bond donors (Lipinski definition) is 2. The number of esters is 2. The molecule has 0 aliphatic rings. The average Bonchev–Trinajstić information content (AvgIpc) is 2.74. The van der Waals surface area contributed by atoms with Gasteiger partial charge in [0, 0.05) is 0 Å². The Morgan fingerprint density at radius 1 is 0.533 bits per heavy atom. The number of aromatic carboxylic acids is 2. The normalized spacial score (nSPS) is 10.1. The van der Waals surface area contributed by atoms with Crippen molar-refractivity contribution >= 4 is 23.9 Å². The van der Waals surface area contributed by atoms with Gasteiger partial charge in [-0.05, 0) is 36.4 Å². The number of carbonyl (C=O) groups excluding carboxylic acids is 2. The van der Waals surface area contributed by atoms with Crippen LogP contribution in [-0.2, 0) is 0 Å². The molecule has 30 heavy (non-hydrogen) atoms. The minimum absolute atomic E-state index is 0.142. The van der Waals surface area contributed by atoms with E-state index in [9.17, 15) is 29.4 Å². The molecule has 0 fully saturated rings. The van der Waals surface area contributed by atoms with E-state index in [0.29, 0.717) is 0 Å². The van der Waals surface area contributed by atoms with Crippen LogP contribution in [0.25, 0.3) is 0 Å². The Labute approximate surface area is 169 Å². The van der Waals surface area contributed by atoms with Gasteiger partial charge in [0.2, 0.25) is 0 Å². The van der Waals surface area contributed by atoms with E-state index in [4.69, 9.17) is 9.47 Å². The van der Waals surface area contributed by atoms with E-state index < -0.39 is 46.1 Å².